The molecule has 2 aliphatic rings. The minimum absolute atomic E-state index is 0.0317. The average Bonchev–Trinajstić information content (AvgIpc) is 3.24. The molecule has 2 aromatic heterocycles. The number of hydrogen-bond donors (Lipinski definition) is 3. The van der Waals surface area contributed by atoms with Crippen molar-refractivity contribution in [2.45, 2.75) is 44.3 Å². The Morgan fingerprint density at radius 3 is 2.89 bits per heavy atom. The van der Waals surface area contributed by atoms with Crippen molar-refractivity contribution in [1.29, 1.82) is 0 Å². The second kappa shape index (κ2) is 10.1. The first-order chi connectivity index (χ1) is 16.6. The SMILES string of the molecule is CC(F)(F)CCC(=O)c1ccc2c(n1)N(C(=O)Nc1cc(OC[C@H](O)CO)ccn1)[C@H]1CCN2C1. The Labute approximate surface area is 200 Å². The number of hydrogen-bond acceptors (Lipinski definition) is 8. The number of ketones is 1. The number of fused-ring (bicyclic) bond motifs is 4. The molecule has 0 aromatic carbocycles. The summed E-state index contributed by atoms with van der Waals surface area (Å²) in [4.78, 5) is 37.9. The van der Waals surface area contributed by atoms with Crippen molar-refractivity contribution in [2.24, 2.45) is 0 Å². The molecule has 2 aliphatic heterocycles. The molecule has 12 heteroatoms. The fourth-order valence-electron chi connectivity index (χ4n) is 4.07. The van der Waals surface area contributed by atoms with Crippen LogP contribution < -0.4 is 19.9 Å². The fourth-order valence-corrected chi connectivity index (χ4v) is 4.07. The quantitative estimate of drug-likeness (QED) is 0.457. The van der Waals surface area contributed by atoms with Gasteiger partial charge in [-0.15, -0.1) is 0 Å². The van der Waals surface area contributed by atoms with Crippen LogP contribution in [-0.2, 0) is 0 Å². The summed E-state index contributed by atoms with van der Waals surface area (Å²) in [5.74, 6) is -2.64. The van der Waals surface area contributed by atoms with Crippen LogP contribution in [0.4, 0.5) is 30.9 Å². The van der Waals surface area contributed by atoms with Gasteiger partial charge >= 0.3 is 6.03 Å². The predicted molar refractivity (Wildman–Crippen MR) is 123 cm³/mol. The number of pyridine rings is 2. The maximum atomic E-state index is 13.3. The zero-order valence-electron chi connectivity index (χ0n) is 19.2. The van der Waals surface area contributed by atoms with Crippen molar-refractivity contribution < 1.29 is 33.3 Å². The Morgan fingerprint density at radius 1 is 1.34 bits per heavy atom. The molecular weight excluding hydrogens is 464 g/mol. The van der Waals surface area contributed by atoms with E-state index in [1.165, 1.54) is 23.2 Å². The summed E-state index contributed by atoms with van der Waals surface area (Å²) < 4.78 is 31.8. The minimum atomic E-state index is -2.96. The lowest BCUT2D eigenvalue weighted by molar-refractivity contribution is 0.0112. The number of amides is 2. The molecule has 10 nitrogen and oxygen atoms in total. The molecule has 1 fully saturated rings. The number of nitrogens with one attached hydrogen (secondary N) is 1. The largest absolute Gasteiger partial charge is 0.491 e. The Balaban J connectivity index is 1.53. The van der Waals surface area contributed by atoms with E-state index in [4.69, 9.17) is 9.84 Å². The standard InChI is InChI=1S/C23H27F2N5O5/c1-23(24,25)7-4-19(33)17-2-3-18-21(27-17)30(14-6-9-29(18)11-14)22(34)28-20-10-16(5-8-26-20)35-13-15(32)12-31/h2-3,5,8,10,14-15,31-32H,4,6-7,9,11-13H2,1H3,(H,26,28,34)/t14-,15+/m0/s1. The molecule has 3 N–H and O–H groups in total. The molecule has 2 amide bonds. The third-order valence-corrected chi connectivity index (χ3v) is 5.87. The lowest BCUT2D eigenvalue weighted by Crippen LogP contribution is -2.48. The van der Waals surface area contributed by atoms with Crippen LogP contribution in [0.15, 0.2) is 30.5 Å². The molecule has 2 aromatic rings. The van der Waals surface area contributed by atoms with E-state index in [0.717, 1.165) is 6.92 Å². The summed E-state index contributed by atoms with van der Waals surface area (Å²) in [7, 11) is 0. The summed E-state index contributed by atoms with van der Waals surface area (Å²) in [6.45, 7) is 1.51. The molecule has 2 atom stereocenters. The monoisotopic (exact) mass is 491 g/mol. The van der Waals surface area contributed by atoms with E-state index in [1.54, 1.807) is 12.1 Å². The van der Waals surface area contributed by atoms with E-state index >= 15 is 0 Å². The number of aliphatic hydroxyl groups excluding tert-OH is 2. The molecular formula is C23H27F2N5O5. The highest BCUT2D eigenvalue weighted by atomic mass is 19.3. The third kappa shape index (κ3) is 5.82. The van der Waals surface area contributed by atoms with Gasteiger partial charge in [-0.25, -0.2) is 23.5 Å². The summed E-state index contributed by atoms with van der Waals surface area (Å²) in [6, 6.07) is 5.54. The van der Waals surface area contributed by atoms with Gasteiger partial charge < -0.3 is 19.8 Å². The van der Waals surface area contributed by atoms with Crippen molar-refractivity contribution >= 4 is 29.1 Å². The fraction of sp³-hybridized carbons (Fsp3) is 0.478. The van der Waals surface area contributed by atoms with E-state index in [9.17, 15) is 23.5 Å². The molecule has 188 valence electrons. The van der Waals surface area contributed by atoms with Gasteiger partial charge in [0.15, 0.2) is 11.6 Å². The number of ether oxygens (including phenoxy) is 1. The number of carbonyl (C=O) groups excluding carboxylic acids is 2. The molecule has 1 saturated heterocycles. The van der Waals surface area contributed by atoms with Gasteiger partial charge in [0.2, 0.25) is 5.92 Å². The topological polar surface area (TPSA) is 128 Å². The van der Waals surface area contributed by atoms with Crippen LogP contribution in [0, 0.1) is 0 Å². The van der Waals surface area contributed by atoms with Gasteiger partial charge in [0.05, 0.1) is 18.3 Å². The lowest BCUT2D eigenvalue weighted by atomic mass is 10.1. The maximum Gasteiger partial charge on any atom is 0.329 e. The third-order valence-electron chi connectivity index (χ3n) is 5.87. The Morgan fingerprint density at radius 2 is 2.14 bits per heavy atom. The van der Waals surface area contributed by atoms with Crippen molar-refractivity contribution in [1.82, 2.24) is 9.97 Å². The van der Waals surface area contributed by atoms with Crippen LogP contribution in [0.25, 0.3) is 0 Å². The van der Waals surface area contributed by atoms with E-state index in [-0.39, 0.29) is 30.6 Å². The smallest absolute Gasteiger partial charge is 0.329 e. The summed E-state index contributed by atoms with van der Waals surface area (Å²) in [5.41, 5.74) is 0.721. The summed E-state index contributed by atoms with van der Waals surface area (Å²) in [5, 5.41) is 21.1. The number of rotatable bonds is 9. The zero-order valence-corrected chi connectivity index (χ0v) is 19.2. The van der Waals surface area contributed by atoms with Crippen LogP contribution >= 0.6 is 0 Å². The predicted octanol–water partition coefficient (Wildman–Crippen LogP) is 2.46. The van der Waals surface area contributed by atoms with E-state index in [0.29, 0.717) is 36.8 Å². The first kappa shape index (κ1) is 24.7. The molecule has 2 bridgehead atoms. The molecule has 4 rings (SSSR count). The molecule has 0 aliphatic carbocycles. The second-order valence-corrected chi connectivity index (χ2v) is 8.75. The number of Topliss-reactive ketones (excluding diaryl/α,β-unsaturated/α-hetero) is 1. The highest BCUT2D eigenvalue weighted by Gasteiger charge is 2.40. The Hall–Kier alpha value is -3.38. The maximum absolute atomic E-state index is 13.3. The van der Waals surface area contributed by atoms with Gasteiger partial charge in [0, 0.05) is 38.2 Å². The van der Waals surface area contributed by atoms with Gasteiger partial charge in [0.25, 0.3) is 0 Å². The van der Waals surface area contributed by atoms with Gasteiger partial charge in [-0.3, -0.25) is 15.0 Å². The molecule has 0 spiro atoms. The van der Waals surface area contributed by atoms with Crippen LogP contribution in [-0.4, -0.2) is 76.4 Å². The number of halogens is 2. The Kier molecular flexibility index (Phi) is 7.13. The molecule has 4 heterocycles. The van der Waals surface area contributed by atoms with Crippen molar-refractivity contribution in [3.05, 3.63) is 36.2 Å². The van der Waals surface area contributed by atoms with Gasteiger partial charge in [-0.1, -0.05) is 0 Å². The van der Waals surface area contributed by atoms with E-state index in [2.05, 4.69) is 20.2 Å². The van der Waals surface area contributed by atoms with Gasteiger partial charge in [-0.2, -0.15) is 0 Å². The number of alkyl halides is 2. The molecule has 35 heavy (non-hydrogen) atoms. The van der Waals surface area contributed by atoms with Crippen molar-refractivity contribution in [3.63, 3.8) is 0 Å². The van der Waals surface area contributed by atoms with Crippen LogP contribution in [0.3, 0.4) is 0 Å². The van der Waals surface area contributed by atoms with Crippen molar-refractivity contribution in [2.75, 3.05) is 41.4 Å². The highest BCUT2D eigenvalue weighted by molar-refractivity contribution is 6.05. The number of anilines is 3. The number of urea groups is 1. The average molecular weight is 491 g/mol. The number of aliphatic hydroxyl groups is 2. The summed E-state index contributed by atoms with van der Waals surface area (Å²) in [6.07, 6.45) is 0.156. The van der Waals surface area contributed by atoms with Crippen LogP contribution in [0.1, 0.15) is 36.7 Å². The second-order valence-electron chi connectivity index (χ2n) is 8.75. The molecule has 0 radical (unpaired) electrons. The van der Waals surface area contributed by atoms with Gasteiger partial charge in [-0.05, 0) is 31.5 Å². The van der Waals surface area contributed by atoms with Crippen LogP contribution in [0.5, 0.6) is 5.75 Å². The van der Waals surface area contributed by atoms with Crippen LogP contribution in [0.2, 0.25) is 0 Å². The van der Waals surface area contributed by atoms with Crippen molar-refractivity contribution in [3.8, 4) is 5.75 Å². The Bertz CT molecular complexity index is 1100. The first-order valence-corrected chi connectivity index (χ1v) is 11.3. The lowest BCUT2D eigenvalue weighted by Gasteiger charge is -2.35. The summed E-state index contributed by atoms with van der Waals surface area (Å²) >= 11 is 0. The zero-order chi connectivity index (χ0) is 25.2. The normalized spacial score (nSPS) is 17.7. The van der Waals surface area contributed by atoms with E-state index < -0.39 is 36.9 Å². The highest BCUT2D eigenvalue weighted by Crippen LogP contribution is 2.39. The van der Waals surface area contributed by atoms with E-state index in [1.807, 2.05) is 0 Å². The number of nitrogens with zero attached hydrogens (tertiary/aromatic N) is 4. The molecule has 0 saturated carbocycles. The first-order valence-electron chi connectivity index (χ1n) is 11.3. The number of carbonyl (C=O) groups is 2. The molecule has 0 unspecified atom stereocenters. The van der Waals surface area contributed by atoms with Gasteiger partial charge in [0.1, 0.15) is 30.0 Å². The number of aromatic nitrogens is 2. The minimum Gasteiger partial charge on any atom is -0.491 e.